The first-order valence-corrected chi connectivity index (χ1v) is 41.7. The lowest BCUT2D eigenvalue weighted by molar-refractivity contribution is 0.731. The van der Waals surface area contributed by atoms with Gasteiger partial charge in [-0.25, -0.2) is 69.6 Å². The number of hydrogen-bond donors (Lipinski definition) is 10. The van der Waals surface area contributed by atoms with Gasteiger partial charge in [-0.05, 0) is 160 Å². The molecule has 0 radical (unpaired) electrons. The van der Waals surface area contributed by atoms with Crippen molar-refractivity contribution in [2.75, 3.05) is 123 Å². The third-order valence-electron chi connectivity index (χ3n) is 19.5. The lowest BCUT2D eigenvalue weighted by Gasteiger charge is -2.10. The molecule has 10 heterocycles. The smallest absolute Gasteiger partial charge is 0.351 e. The Bertz CT molecular complexity index is 5080. The number of nitrogens with one attached hydrogen (secondary N) is 10. The van der Waals surface area contributed by atoms with E-state index in [1.807, 2.05) is 153 Å². The van der Waals surface area contributed by atoms with Gasteiger partial charge in [-0.3, -0.25) is 42.0 Å². The molecule has 0 spiro atoms. The molecule has 0 saturated carbocycles. The summed E-state index contributed by atoms with van der Waals surface area (Å²) in [5, 5.41) is 29.5. The van der Waals surface area contributed by atoms with Gasteiger partial charge >= 0.3 is 5.69 Å². The number of hydrogen-bond acceptors (Lipinski definition) is 32. The summed E-state index contributed by atoms with van der Waals surface area (Å²) >= 11 is 0. The number of anilines is 10. The molecule has 10 rings (SSSR count). The Morgan fingerprint density at radius 1 is 0.231 bits per heavy atom. The predicted octanol–water partition coefficient (Wildman–Crippen LogP) is 17.4. The molecule has 0 aliphatic heterocycles. The highest BCUT2D eigenvalue weighted by Crippen LogP contribution is 2.17. The molecular formula is C97H188N32O5. The van der Waals surface area contributed by atoms with Gasteiger partial charge in [0.1, 0.15) is 40.8 Å². The van der Waals surface area contributed by atoms with Crippen molar-refractivity contribution < 1.29 is 0 Å². The van der Waals surface area contributed by atoms with Crippen LogP contribution in [-0.4, -0.2) is 177 Å². The second kappa shape index (κ2) is 73.2. The van der Waals surface area contributed by atoms with Crippen LogP contribution < -0.4 is 81.1 Å². The Labute approximate surface area is 809 Å². The van der Waals surface area contributed by atoms with E-state index in [1.54, 1.807) is 88.9 Å². The molecule has 0 aromatic carbocycles. The van der Waals surface area contributed by atoms with Gasteiger partial charge in [0, 0.05) is 204 Å². The van der Waals surface area contributed by atoms with Crippen molar-refractivity contribution in [2.24, 2.45) is 35.2 Å². The van der Waals surface area contributed by atoms with Crippen molar-refractivity contribution in [3.05, 3.63) is 182 Å². The molecule has 37 heteroatoms. The highest BCUT2D eigenvalue weighted by molar-refractivity contribution is 5.45. The SMILES string of the molecule is C.C.C.C.C.C.C.C.C.C.C.CCNc1nc(C)c(C)c(=O)n1C.CCNc1nc(C)c(C)c(C)n1.CCc1c(C)nc(NC)n(C)c1=O.CCc1c(C)nc(NC)nc1C.CCc1nc(C)c(C)c(NC)n1.CCc1nc(C)nc(NC)n1.CCc1nc(NC)c(C)c(=O)n1C.CCc1nc(NC)n(C)c(=O)c1C.CCc1nc(NC)n(C)c(=O)n1.CCc1nc(NC)nc(C)c1C. The summed E-state index contributed by atoms with van der Waals surface area (Å²) in [5.41, 5.74) is 17.5. The summed E-state index contributed by atoms with van der Waals surface area (Å²) in [6, 6.07) is 0. The molecular weight excluding hydrogens is 1690 g/mol. The van der Waals surface area contributed by atoms with E-state index in [2.05, 4.69) is 166 Å². The third-order valence-corrected chi connectivity index (χ3v) is 19.5. The maximum Gasteiger partial charge on any atom is 0.351 e. The van der Waals surface area contributed by atoms with E-state index in [1.165, 1.54) is 35.0 Å². The molecule has 134 heavy (non-hydrogen) atoms. The van der Waals surface area contributed by atoms with Crippen LogP contribution in [0.2, 0.25) is 0 Å². The van der Waals surface area contributed by atoms with Gasteiger partial charge in [-0.15, -0.1) is 0 Å². The van der Waals surface area contributed by atoms with Crippen LogP contribution >= 0.6 is 0 Å². The van der Waals surface area contributed by atoms with E-state index in [0.717, 1.165) is 173 Å². The van der Waals surface area contributed by atoms with E-state index >= 15 is 0 Å². The van der Waals surface area contributed by atoms with E-state index in [9.17, 15) is 24.0 Å². The standard InChI is InChI=1S/4C9H15N3O.4C9H15N3.C7H12N4O.C7H12N4.11CH4/c1-5-7-11-8(10-3)6(2)9(13)12(7)4;1-5-7-6(2)11-9(10-3)12(4)8(7)13;1-5-7-6(2)8(13)12(4)9(10-3)11-7;1-5-10-9-11-7(3)6(2)8(13)12(9)4;1-5-8-6(2)11-9(10-4)12-7(8)3;1-5-8-11-7(3)6(2)9(10-4)12-8;1-5-8-6(2)7(3)11-9(10-4)12-8;1-5-10-9-11-7(3)6(2)8(4)12-9;1-4-5-9-6(8-2)11(3)7(12)10-5;1-4-6-9-5(2)10-7(8-3)11-6;;;;;;;;;;;/h10H,5H2,1-4H3;3*5H2,1-4H3,(H,10,11);4*5H2,1-4H3,(H,10,11,12);4H2,1-3H3,(H,8,9,10,12);4H2,1-3H3,(H,8,9,10,11);11*1H4. The van der Waals surface area contributed by atoms with Crippen LogP contribution in [0.1, 0.15) is 281 Å². The van der Waals surface area contributed by atoms with Gasteiger partial charge in [-0.1, -0.05) is 137 Å². The maximum atomic E-state index is 11.7. The second-order valence-electron chi connectivity index (χ2n) is 27.9. The molecule has 37 nitrogen and oxygen atoms in total. The van der Waals surface area contributed by atoms with E-state index in [4.69, 9.17) is 0 Å². The first-order chi connectivity index (χ1) is 58.1. The van der Waals surface area contributed by atoms with Crippen molar-refractivity contribution in [3.8, 4) is 0 Å². The lowest BCUT2D eigenvalue weighted by Crippen LogP contribution is -2.25. The molecule has 10 N–H and O–H groups in total. The average molecular weight is 1880 g/mol. The Balaban J connectivity index is -0.000000138. The Hall–Kier alpha value is -12.3. The Morgan fingerprint density at radius 2 is 0.582 bits per heavy atom. The molecule has 0 bridgehead atoms. The zero-order valence-electron chi connectivity index (χ0n) is 81.0. The Morgan fingerprint density at radius 3 is 1.01 bits per heavy atom. The zero-order chi connectivity index (χ0) is 94.0. The first-order valence-electron chi connectivity index (χ1n) is 41.7. The molecule has 0 amide bonds. The lowest BCUT2D eigenvalue weighted by atomic mass is 10.1. The average Bonchev–Trinajstić information content (AvgIpc) is 0.822. The fourth-order valence-electron chi connectivity index (χ4n) is 11.5. The molecule has 10 aromatic heterocycles. The second-order valence-corrected chi connectivity index (χ2v) is 27.9. The van der Waals surface area contributed by atoms with E-state index < -0.39 is 0 Å². The van der Waals surface area contributed by atoms with Crippen molar-refractivity contribution >= 4 is 59.2 Å². The first kappa shape index (κ1) is 145. The molecule has 0 atom stereocenters. The predicted molar refractivity (Wildman–Crippen MR) is 578 cm³/mol. The van der Waals surface area contributed by atoms with Crippen molar-refractivity contribution in [1.29, 1.82) is 0 Å². The summed E-state index contributed by atoms with van der Waals surface area (Å²) in [5.74, 6) is 10.7. The zero-order valence-corrected chi connectivity index (χ0v) is 81.0. The molecule has 0 fully saturated rings. The normalized spacial score (nSPS) is 9.21. The van der Waals surface area contributed by atoms with Gasteiger partial charge in [0.05, 0.1) is 11.3 Å². The summed E-state index contributed by atoms with van der Waals surface area (Å²) in [6.45, 7) is 51.0. The summed E-state index contributed by atoms with van der Waals surface area (Å²) < 4.78 is 7.56. The maximum absolute atomic E-state index is 11.7. The van der Waals surface area contributed by atoms with Crippen LogP contribution in [0.3, 0.4) is 0 Å². The van der Waals surface area contributed by atoms with Crippen molar-refractivity contribution in [1.82, 2.24) is 108 Å². The number of rotatable bonds is 20. The van der Waals surface area contributed by atoms with Gasteiger partial charge in [0.15, 0.2) is 0 Å². The van der Waals surface area contributed by atoms with Crippen LogP contribution in [0.4, 0.5) is 59.2 Å². The van der Waals surface area contributed by atoms with Gasteiger partial charge in [-0.2, -0.15) is 19.9 Å². The molecule has 0 unspecified atom stereocenters. The molecule has 0 saturated heterocycles. The summed E-state index contributed by atoms with van der Waals surface area (Å²) in [6.07, 6.45) is 6.65. The topological polar surface area (TPSA) is 449 Å². The number of aromatic nitrogens is 22. The highest BCUT2D eigenvalue weighted by atomic mass is 16.2. The molecule has 766 valence electrons. The van der Waals surface area contributed by atoms with Crippen LogP contribution in [0.15, 0.2) is 24.0 Å². The van der Waals surface area contributed by atoms with Gasteiger partial charge in [0.2, 0.25) is 47.6 Å². The van der Waals surface area contributed by atoms with Gasteiger partial charge < -0.3 is 53.2 Å². The minimum Gasteiger partial charge on any atom is -0.373 e. The quantitative estimate of drug-likeness (QED) is 0.0339. The van der Waals surface area contributed by atoms with Crippen LogP contribution in [0.5, 0.6) is 0 Å². The van der Waals surface area contributed by atoms with Crippen molar-refractivity contribution in [3.63, 3.8) is 0 Å². The number of nitrogens with zero attached hydrogens (tertiary/aromatic N) is 22. The van der Waals surface area contributed by atoms with Gasteiger partial charge in [0.25, 0.3) is 22.2 Å². The molecule has 10 aromatic rings. The monoisotopic (exact) mass is 1880 g/mol. The highest BCUT2D eigenvalue weighted by Gasteiger charge is 2.14. The molecule has 0 aliphatic carbocycles. The van der Waals surface area contributed by atoms with Crippen LogP contribution in [-0.2, 0) is 86.6 Å². The minimum atomic E-state index is -0.272. The minimum absolute atomic E-state index is 0. The summed E-state index contributed by atoms with van der Waals surface area (Å²) in [7, 11) is 22.9. The van der Waals surface area contributed by atoms with Crippen LogP contribution in [0, 0.1) is 104 Å². The largest absolute Gasteiger partial charge is 0.373 e. The Kier molecular flexibility index (Phi) is 79.0. The molecule has 0 aliphatic rings. The fraction of sp³-hybridized carbons (Fsp3) is 0.608. The summed E-state index contributed by atoms with van der Waals surface area (Å²) in [4.78, 5) is 130. The van der Waals surface area contributed by atoms with E-state index in [0.29, 0.717) is 64.9 Å². The van der Waals surface area contributed by atoms with Crippen molar-refractivity contribution in [2.45, 2.75) is 306 Å². The van der Waals surface area contributed by atoms with Crippen LogP contribution in [0.25, 0.3) is 0 Å². The van der Waals surface area contributed by atoms with E-state index in [-0.39, 0.29) is 110 Å². The fourth-order valence-corrected chi connectivity index (χ4v) is 11.5. The third kappa shape index (κ3) is 43.1. The number of aryl methyl sites for hydroxylation is 15.